The van der Waals surface area contributed by atoms with Crippen LogP contribution in [0.2, 0.25) is 0 Å². The number of rotatable bonds is 7. The lowest BCUT2D eigenvalue weighted by molar-refractivity contribution is -0.154. The number of pyridine rings is 1. The molecule has 0 aromatic carbocycles. The Morgan fingerprint density at radius 1 is 1.36 bits per heavy atom. The van der Waals surface area contributed by atoms with E-state index in [0.29, 0.717) is 0 Å². The van der Waals surface area contributed by atoms with Crippen LogP contribution in [0.1, 0.15) is 25.0 Å². The van der Waals surface area contributed by atoms with Gasteiger partial charge in [0.2, 0.25) is 5.88 Å². The number of aliphatic hydroxyl groups excluding tert-OH is 2. The molecular formula is C13H16F3NO5. The maximum atomic E-state index is 12.0. The molecule has 2 unspecified atom stereocenters. The second-order valence-corrected chi connectivity index (χ2v) is 4.35. The Morgan fingerprint density at radius 2 is 2.05 bits per heavy atom. The van der Waals surface area contributed by atoms with Crippen LogP contribution in [0.5, 0.6) is 5.88 Å². The highest BCUT2D eigenvalue weighted by molar-refractivity contribution is 5.70. The van der Waals surface area contributed by atoms with E-state index in [1.54, 1.807) is 6.92 Å². The highest BCUT2D eigenvalue weighted by Crippen LogP contribution is 2.21. The molecule has 0 spiro atoms. The summed E-state index contributed by atoms with van der Waals surface area (Å²) in [6, 6.07) is 2.37. The third kappa shape index (κ3) is 6.27. The van der Waals surface area contributed by atoms with Gasteiger partial charge in [0.1, 0.15) is 6.10 Å². The fraction of sp³-hybridized carbons (Fsp3) is 0.538. The zero-order chi connectivity index (χ0) is 16.8. The van der Waals surface area contributed by atoms with Crippen LogP contribution in [0.15, 0.2) is 18.3 Å². The second kappa shape index (κ2) is 7.95. The quantitative estimate of drug-likeness (QED) is 0.737. The summed E-state index contributed by atoms with van der Waals surface area (Å²) >= 11 is 0. The van der Waals surface area contributed by atoms with E-state index in [9.17, 15) is 28.2 Å². The standard InChI is InChI=1S/C13H16F3NO5/c1-2-21-11(19)5-9(18)12(20)8-3-4-10(17-6-8)22-7-13(14,15)16/h3-4,6,9,12,18,20H,2,5,7H2,1H3. The molecule has 0 bridgehead atoms. The van der Waals surface area contributed by atoms with E-state index in [4.69, 9.17) is 0 Å². The summed E-state index contributed by atoms with van der Waals surface area (Å²) in [4.78, 5) is 14.8. The number of hydrogen-bond donors (Lipinski definition) is 2. The topological polar surface area (TPSA) is 88.9 Å². The molecule has 1 aromatic heterocycles. The van der Waals surface area contributed by atoms with Gasteiger partial charge < -0.3 is 19.7 Å². The fourth-order valence-corrected chi connectivity index (χ4v) is 1.53. The van der Waals surface area contributed by atoms with Gasteiger partial charge in [0, 0.05) is 17.8 Å². The number of halogens is 3. The summed E-state index contributed by atoms with van der Waals surface area (Å²) in [6.45, 7) is 0.270. The van der Waals surface area contributed by atoms with Crippen LogP contribution in [0.4, 0.5) is 13.2 Å². The molecule has 124 valence electrons. The molecular weight excluding hydrogens is 307 g/mol. The SMILES string of the molecule is CCOC(=O)CC(O)C(O)c1ccc(OCC(F)(F)F)nc1. The third-order valence-corrected chi connectivity index (χ3v) is 2.53. The number of esters is 1. The van der Waals surface area contributed by atoms with E-state index in [1.807, 2.05) is 0 Å². The largest absolute Gasteiger partial charge is 0.468 e. The van der Waals surface area contributed by atoms with Crippen LogP contribution < -0.4 is 4.74 Å². The van der Waals surface area contributed by atoms with Crippen molar-refractivity contribution < 1.29 is 37.7 Å². The third-order valence-electron chi connectivity index (χ3n) is 2.53. The number of hydrogen-bond acceptors (Lipinski definition) is 6. The zero-order valence-electron chi connectivity index (χ0n) is 11.7. The van der Waals surface area contributed by atoms with Crippen molar-refractivity contribution in [2.75, 3.05) is 13.2 Å². The van der Waals surface area contributed by atoms with Crippen LogP contribution in [-0.4, -0.2) is 46.7 Å². The van der Waals surface area contributed by atoms with Gasteiger partial charge in [-0.1, -0.05) is 0 Å². The molecule has 2 atom stereocenters. The molecule has 0 radical (unpaired) electrons. The van der Waals surface area contributed by atoms with Gasteiger partial charge in [0.25, 0.3) is 0 Å². The Kier molecular flexibility index (Phi) is 6.57. The minimum Gasteiger partial charge on any atom is -0.468 e. The molecule has 9 heteroatoms. The maximum Gasteiger partial charge on any atom is 0.422 e. The van der Waals surface area contributed by atoms with Crippen LogP contribution in [0.25, 0.3) is 0 Å². The summed E-state index contributed by atoms with van der Waals surface area (Å²) in [6.07, 6.45) is -6.67. The molecule has 22 heavy (non-hydrogen) atoms. The van der Waals surface area contributed by atoms with Gasteiger partial charge in [-0.15, -0.1) is 0 Å². The van der Waals surface area contributed by atoms with E-state index in [2.05, 4.69) is 14.5 Å². The van der Waals surface area contributed by atoms with Crippen molar-refractivity contribution in [1.29, 1.82) is 0 Å². The monoisotopic (exact) mass is 323 g/mol. The van der Waals surface area contributed by atoms with Crippen molar-refractivity contribution in [3.63, 3.8) is 0 Å². The molecule has 1 rings (SSSR count). The van der Waals surface area contributed by atoms with Crippen molar-refractivity contribution >= 4 is 5.97 Å². The highest BCUT2D eigenvalue weighted by atomic mass is 19.4. The molecule has 0 aliphatic carbocycles. The number of carbonyl (C=O) groups excluding carboxylic acids is 1. The smallest absolute Gasteiger partial charge is 0.422 e. The van der Waals surface area contributed by atoms with Crippen molar-refractivity contribution in [2.24, 2.45) is 0 Å². The van der Waals surface area contributed by atoms with E-state index >= 15 is 0 Å². The van der Waals surface area contributed by atoms with E-state index in [0.717, 1.165) is 12.3 Å². The van der Waals surface area contributed by atoms with Gasteiger partial charge >= 0.3 is 12.1 Å². The maximum absolute atomic E-state index is 12.0. The summed E-state index contributed by atoms with van der Waals surface area (Å²) in [5.41, 5.74) is 0.135. The highest BCUT2D eigenvalue weighted by Gasteiger charge is 2.28. The summed E-state index contributed by atoms with van der Waals surface area (Å²) in [5, 5.41) is 19.5. The lowest BCUT2D eigenvalue weighted by Crippen LogP contribution is -2.23. The van der Waals surface area contributed by atoms with E-state index < -0.39 is 37.4 Å². The Balaban J connectivity index is 2.59. The minimum absolute atomic E-state index is 0.135. The number of aromatic nitrogens is 1. The van der Waals surface area contributed by atoms with Gasteiger partial charge in [-0.2, -0.15) is 13.2 Å². The van der Waals surface area contributed by atoms with Crippen molar-refractivity contribution in [1.82, 2.24) is 4.98 Å². The Hall–Kier alpha value is -1.87. The number of nitrogens with zero attached hydrogens (tertiary/aromatic N) is 1. The molecule has 1 aromatic rings. The lowest BCUT2D eigenvalue weighted by Gasteiger charge is -2.17. The average Bonchev–Trinajstić information content (AvgIpc) is 2.44. The fourth-order valence-electron chi connectivity index (χ4n) is 1.53. The number of ether oxygens (including phenoxy) is 2. The molecule has 6 nitrogen and oxygen atoms in total. The van der Waals surface area contributed by atoms with E-state index in [1.165, 1.54) is 6.07 Å². The molecule has 2 N–H and O–H groups in total. The second-order valence-electron chi connectivity index (χ2n) is 4.35. The molecule has 0 fully saturated rings. The molecule has 1 heterocycles. The summed E-state index contributed by atoms with van der Waals surface area (Å²) in [7, 11) is 0. The summed E-state index contributed by atoms with van der Waals surface area (Å²) < 4.78 is 44.9. The first-order chi connectivity index (χ1) is 10.2. The molecule has 0 saturated heterocycles. The average molecular weight is 323 g/mol. The van der Waals surface area contributed by atoms with Crippen LogP contribution in [0, 0.1) is 0 Å². The predicted octanol–water partition coefficient (Wildman–Crippen LogP) is 1.37. The molecule has 0 saturated carbocycles. The van der Waals surface area contributed by atoms with Crippen molar-refractivity contribution in [3.05, 3.63) is 23.9 Å². The van der Waals surface area contributed by atoms with Gasteiger partial charge in [-0.05, 0) is 13.0 Å². The number of alkyl halides is 3. The first kappa shape index (κ1) is 18.2. The number of aliphatic hydroxyl groups is 2. The van der Waals surface area contributed by atoms with Gasteiger partial charge in [0.05, 0.1) is 19.1 Å². The van der Waals surface area contributed by atoms with Crippen LogP contribution >= 0.6 is 0 Å². The van der Waals surface area contributed by atoms with Gasteiger partial charge in [-0.3, -0.25) is 4.79 Å². The van der Waals surface area contributed by atoms with Crippen molar-refractivity contribution in [3.8, 4) is 5.88 Å². The lowest BCUT2D eigenvalue weighted by atomic mass is 10.0. The Labute approximate surface area is 124 Å². The minimum atomic E-state index is -4.48. The van der Waals surface area contributed by atoms with Gasteiger partial charge in [-0.25, -0.2) is 4.98 Å². The van der Waals surface area contributed by atoms with Crippen LogP contribution in [0.3, 0.4) is 0 Å². The van der Waals surface area contributed by atoms with Crippen LogP contribution in [-0.2, 0) is 9.53 Å². The van der Waals surface area contributed by atoms with Crippen molar-refractivity contribution in [2.45, 2.75) is 31.7 Å². The Morgan fingerprint density at radius 3 is 2.55 bits per heavy atom. The van der Waals surface area contributed by atoms with Gasteiger partial charge in [0.15, 0.2) is 6.61 Å². The number of carbonyl (C=O) groups is 1. The molecule has 0 amide bonds. The molecule has 0 aliphatic rings. The predicted molar refractivity (Wildman–Crippen MR) is 68.0 cm³/mol. The normalized spacial score (nSPS) is 14.3. The first-order valence-corrected chi connectivity index (χ1v) is 6.40. The summed E-state index contributed by atoms with van der Waals surface area (Å²) in [5.74, 6) is -0.944. The Bertz CT molecular complexity index is 478. The first-order valence-electron chi connectivity index (χ1n) is 6.40. The van der Waals surface area contributed by atoms with E-state index in [-0.39, 0.29) is 18.1 Å². The zero-order valence-corrected chi connectivity index (χ0v) is 11.7. The molecule has 0 aliphatic heterocycles.